The Balaban J connectivity index is 0. The molecule has 0 fully saturated rings. The molecule has 0 aliphatic carbocycles. The third-order valence-electron chi connectivity index (χ3n) is 1.11. The zero-order valence-electron chi connectivity index (χ0n) is 7.92. The Kier molecular flexibility index (Phi) is 10.3. The van der Waals surface area contributed by atoms with Crippen molar-refractivity contribution in [3.63, 3.8) is 0 Å². The maximum Gasteiger partial charge on any atom is 0.272 e. The minimum atomic E-state index is -0.481. The summed E-state index contributed by atoms with van der Waals surface area (Å²) in [7, 11) is 0. The van der Waals surface area contributed by atoms with Crippen LogP contribution in [0.2, 0.25) is 0 Å². The van der Waals surface area contributed by atoms with E-state index in [0.717, 1.165) is 0 Å². The fourth-order valence-electron chi connectivity index (χ4n) is 0.550. The van der Waals surface area contributed by atoms with Gasteiger partial charge in [-0.3, -0.25) is 10.1 Å². The highest BCUT2D eigenvalue weighted by Crippen LogP contribution is 2.10. The van der Waals surface area contributed by atoms with Crippen LogP contribution >= 0.6 is 15.9 Å². The van der Waals surface area contributed by atoms with Crippen LogP contribution in [0.1, 0.15) is 13.8 Å². The van der Waals surface area contributed by atoms with E-state index in [-0.39, 0.29) is 5.70 Å². The molecule has 4 heteroatoms. The van der Waals surface area contributed by atoms with E-state index >= 15 is 0 Å². The van der Waals surface area contributed by atoms with Crippen LogP contribution in [0.3, 0.4) is 0 Å². The van der Waals surface area contributed by atoms with Crippen molar-refractivity contribution in [1.29, 1.82) is 0 Å². The predicted molar refractivity (Wildman–Crippen MR) is 59.6 cm³/mol. The maximum atomic E-state index is 10.3. The van der Waals surface area contributed by atoms with E-state index in [2.05, 4.69) is 29.1 Å². The maximum absolute atomic E-state index is 10.3. The summed E-state index contributed by atoms with van der Waals surface area (Å²) in [5.41, 5.74) is 0.530. The minimum Gasteiger partial charge on any atom is -0.258 e. The summed E-state index contributed by atoms with van der Waals surface area (Å²) in [5, 5.41) is 10.7. The second-order valence-electron chi connectivity index (χ2n) is 1.71. The van der Waals surface area contributed by atoms with Gasteiger partial charge in [0.15, 0.2) is 0 Å². The molecule has 0 aliphatic heterocycles. The van der Waals surface area contributed by atoms with Gasteiger partial charge in [-0.05, 0) is 0 Å². The van der Waals surface area contributed by atoms with Gasteiger partial charge >= 0.3 is 0 Å². The van der Waals surface area contributed by atoms with E-state index in [1.807, 2.05) is 13.8 Å². The first kappa shape index (κ1) is 14.6. The second-order valence-corrected chi connectivity index (χ2v) is 2.27. The Bertz CT molecular complexity index is 222. The van der Waals surface area contributed by atoms with Gasteiger partial charge in [-0.1, -0.05) is 49.0 Å². The lowest BCUT2D eigenvalue weighted by molar-refractivity contribution is -0.419. The van der Waals surface area contributed by atoms with Crippen LogP contribution in [0, 0.1) is 10.1 Å². The molecule has 3 nitrogen and oxygen atoms in total. The molecule has 13 heavy (non-hydrogen) atoms. The molecule has 0 saturated heterocycles. The summed E-state index contributed by atoms with van der Waals surface area (Å²) in [6, 6.07) is 0. The van der Waals surface area contributed by atoms with E-state index in [4.69, 9.17) is 0 Å². The van der Waals surface area contributed by atoms with Gasteiger partial charge < -0.3 is 0 Å². The zero-order chi connectivity index (χ0) is 10.9. The SMILES string of the molecule is C=C/C(CBr)=C(\C=C)[N+](=O)[O-].CC. The van der Waals surface area contributed by atoms with Crippen molar-refractivity contribution in [2.24, 2.45) is 0 Å². The molecule has 0 amide bonds. The van der Waals surface area contributed by atoms with Crippen molar-refractivity contribution >= 4 is 15.9 Å². The van der Waals surface area contributed by atoms with E-state index in [1.165, 1.54) is 12.2 Å². The average molecular weight is 248 g/mol. The topological polar surface area (TPSA) is 43.1 Å². The van der Waals surface area contributed by atoms with Gasteiger partial charge in [0.2, 0.25) is 0 Å². The molecule has 0 aromatic heterocycles. The molecular weight excluding hydrogens is 234 g/mol. The number of hydrogen-bond acceptors (Lipinski definition) is 2. The lowest BCUT2D eigenvalue weighted by Crippen LogP contribution is -1.99. The number of hydrogen-bond donors (Lipinski definition) is 0. The highest BCUT2D eigenvalue weighted by molar-refractivity contribution is 9.09. The molecule has 74 valence electrons. The largest absolute Gasteiger partial charge is 0.272 e. The van der Waals surface area contributed by atoms with Crippen molar-refractivity contribution in [2.75, 3.05) is 5.33 Å². The number of alkyl halides is 1. The van der Waals surface area contributed by atoms with Crippen molar-refractivity contribution in [3.05, 3.63) is 46.7 Å². The molecule has 0 aliphatic rings. The smallest absolute Gasteiger partial charge is 0.258 e. The summed E-state index contributed by atoms with van der Waals surface area (Å²) in [5.74, 6) is 0. The van der Waals surface area contributed by atoms with Crippen LogP contribution in [0.4, 0.5) is 0 Å². The Morgan fingerprint density at radius 2 is 1.92 bits per heavy atom. The van der Waals surface area contributed by atoms with Crippen LogP contribution in [-0.4, -0.2) is 10.3 Å². The molecule has 0 heterocycles. The molecule has 0 unspecified atom stereocenters. The number of nitro groups is 1. The molecule has 0 spiro atoms. The fourth-order valence-corrected chi connectivity index (χ4v) is 1.07. The van der Waals surface area contributed by atoms with Crippen molar-refractivity contribution in [2.45, 2.75) is 13.8 Å². The first-order valence-corrected chi connectivity index (χ1v) is 4.97. The molecule has 0 aromatic rings. The van der Waals surface area contributed by atoms with Gasteiger partial charge in [-0.15, -0.1) is 0 Å². The van der Waals surface area contributed by atoms with E-state index in [1.54, 1.807) is 0 Å². The molecule has 0 N–H and O–H groups in total. The summed E-state index contributed by atoms with van der Waals surface area (Å²) in [6.45, 7) is 10.8. The Labute approximate surface area is 87.1 Å². The van der Waals surface area contributed by atoms with Crippen molar-refractivity contribution in [1.82, 2.24) is 0 Å². The van der Waals surface area contributed by atoms with Gasteiger partial charge in [-0.25, -0.2) is 0 Å². The van der Waals surface area contributed by atoms with Crippen LogP contribution in [0.25, 0.3) is 0 Å². The van der Waals surface area contributed by atoms with Crippen LogP contribution in [0.5, 0.6) is 0 Å². The Morgan fingerprint density at radius 3 is 2.00 bits per heavy atom. The highest BCUT2D eigenvalue weighted by Gasteiger charge is 2.09. The van der Waals surface area contributed by atoms with Crippen molar-refractivity contribution < 1.29 is 4.92 Å². The van der Waals surface area contributed by atoms with E-state index in [9.17, 15) is 10.1 Å². The number of allylic oxidation sites excluding steroid dienone is 3. The first-order valence-electron chi connectivity index (χ1n) is 3.85. The average Bonchev–Trinajstić information content (AvgIpc) is 2.16. The van der Waals surface area contributed by atoms with Gasteiger partial charge in [0, 0.05) is 17.0 Å². The van der Waals surface area contributed by atoms with Gasteiger partial charge in [0.25, 0.3) is 5.70 Å². The highest BCUT2D eigenvalue weighted by atomic mass is 79.9. The van der Waals surface area contributed by atoms with Gasteiger partial charge in [0.05, 0.1) is 4.92 Å². The molecule has 0 bridgehead atoms. The summed E-state index contributed by atoms with van der Waals surface area (Å²) in [4.78, 5) is 9.82. The zero-order valence-corrected chi connectivity index (χ0v) is 9.50. The minimum absolute atomic E-state index is 0.00289. The van der Waals surface area contributed by atoms with Gasteiger partial charge in [0.1, 0.15) is 0 Å². The van der Waals surface area contributed by atoms with Gasteiger partial charge in [-0.2, -0.15) is 0 Å². The third kappa shape index (κ3) is 5.36. The Hall–Kier alpha value is -0.900. The normalized spacial score (nSPS) is 10.4. The number of rotatable bonds is 4. The van der Waals surface area contributed by atoms with E-state index in [0.29, 0.717) is 10.9 Å². The summed E-state index contributed by atoms with van der Waals surface area (Å²) in [6.07, 6.45) is 2.65. The first-order chi connectivity index (χ1) is 6.17. The lowest BCUT2D eigenvalue weighted by atomic mass is 10.2. The Morgan fingerprint density at radius 1 is 1.46 bits per heavy atom. The number of halogens is 1. The summed E-state index contributed by atoms with van der Waals surface area (Å²) < 4.78 is 0. The fraction of sp³-hybridized carbons (Fsp3) is 0.333. The summed E-state index contributed by atoms with van der Waals surface area (Å²) >= 11 is 3.10. The molecule has 0 radical (unpaired) electrons. The standard InChI is InChI=1S/C7H8BrNO2.C2H6/c1-3-6(5-8)7(4-2)9(10)11;1-2/h3-4H,1-2,5H2;1-2H3/b7-6-;. The predicted octanol–water partition coefficient (Wildman–Crippen LogP) is 3.31. The molecule has 0 rings (SSSR count). The van der Waals surface area contributed by atoms with Crippen molar-refractivity contribution in [3.8, 4) is 0 Å². The molecular formula is C9H14BrNO2. The monoisotopic (exact) mass is 247 g/mol. The molecule has 0 saturated carbocycles. The van der Waals surface area contributed by atoms with E-state index < -0.39 is 4.92 Å². The van der Waals surface area contributed by atoms with Crippen LogP contribution in [0.15, 0.2) is 36.6 Å². The third-order valence-corrected chi connectivity index (χ3v) is 1.71. The van der Waals surface area contributed by atoms with Crippen LogP contribution < -0.4 is 0 Å². The molecule has 0 aromatic carbocycles. The van der Waals surface area contributed by atoms with Crippen LogP contribution in [-0.2, 0) is 0 Å². The second kappa shape index (κ2) is 9.19. The number of nitrogens with zero attached hydrogens (tertiary/aromatic N) is 1. The molecule has 0 atom stereocenters. The lowest BCUT2D eigenvalue weighted by Gasteiger charge is -1.95. The quantitative estimate of drug-likeness (QED) is 0.331.